The number of aryl methyl sites for hydroxylation is 1. The van der Waals surface area contributed by atoms with E-state index in [0.29, 0.717) is 12.5 Å². The van der Waals surface area contributed by atoms with Crippen molar-refractivity contribution in [2.75, 3.05) is 0 Å². The molecule has 2 aliphatic rings. The van der Waals surface area contributed by atoms with Gasteiger partial charge in [0.15, 0.2) is 0 Å². The number of nitrogens with two attached hydrogens (primary N) is 1. The van der Waals surface area contributed by atoms with Crippen LogP contribution in [0.4, 0.5) is 0 Å². The molecule has 1 heterocycles. The average Bonchev–Trinajstić information content (AvgIpc) is 3.17. The zero-order valence-electron chi connectivity index (χ0n) is 11.1. The first-order valence-electron chi connectivity index (χ1n) is 6.90. The number of piperidine rings is 1. The number of hydrogen-bond acceptors (Lipinski definition) is 2. The van der Waals surface area contributed by atoms with Gasteiger partial charge in [0.25, 0.3) is 0 Å². The molecule has 0 spiro atoms. The molecule has 1 aromatic rings. The third-order valence-corrected chi connectivity index (χ3v) is 4.79. The summed E-state index contributed by atoms with van der Waals surface area (Å²) in [5, 5.41) is 0. The summed E-state index contributed by atoms with van der Waals surface area (Å²) in [5.41, 5.74) is 8.68. The Balaban J connectivity index is 2.00. The lowest BCUT2D eigenvalue weighted by molar-refractivity contribution is -0.138. The van der Waals surface area contributed by atoms with Crippen LogP contribution in [0.3, 0.4) is 0 Å². The van der Waals surface area contributed by atoms with Gasteiger partial charge >= 0.3 is 0 Å². The zero-order chi connectivity index (χ0) is 13.6. The summed E-state index contributed by atoms with van der Waals surface area (Å²) in [7, 11) is 0. The Morgan fingerprint density at radius 1 is 1.32 bits per heavy atom. The lowest BCUT2D eigenvalue weighted by atomic mass is 9.90. The standard InChI is InChI=1S/C15H19BrN2O/c1-9-2-5-11(12(16)8-9)15-13(17)6-7-14(19)18(15)10-3-4-10/h2,5,8,10,13,15H,3-4,6-7,17H2,1H3. The summed E-state index contributed by atoms with van der Waals surface area (Å²) in [4.78, 5) is 14.3. The summed E-state index contributed by atoms with van der Waals surface area (Å²) in [6.07, 6.45) is 3.63. The van der Waals surface area contributed by atoms with E-state index < -0.39 is 0 Å². The Hall–Kier alpha value is -0.870. The first kappa shape index (κ1) is 13.1. The number of hydrogen-bond donors (Lipinski definition) is 1. The largest absolute Gasteiger partial charge is 0.331 e. The molecular weight excluding hydrogens is 304 g/mol. The second-order valence-corrected chi connectivity index (χ2v) is 6.56. The van der Waals surface area contributed by atoms with Crippen LogP contribution in [-0.2, 0) is 4.79 Å². The number of carbonyl (C=O) groups is 1. The van der Waals surface area contributed by atoms with Crippen molar-refractivity contribution in [2.45, 2.75) is 50.7 Å². The molecule has 3 nitrogen and oxygen atoms in total. The van der Waals surface area contributed by atoms with Crippen LogP contribution >= 0.6 is 15.9 Å². The van der Waals surface area contributed by atoms with E-state index >= 15 is 0 Å². The van der Waals surface area contributed by atoms with Crippen molar-refractivity contribution in [3.8, 4) is 0 Å². The SMILES string of the molecule is Cc1ccc(C2C(N)CCC(=O)N2C2CC2)c(Br)c1. The van der Waals surface area contributed by atoms with Crippen LogP contribution in [0.15, 0.2) is 22.7 Å². The molecule has 4 heteroatoms. The minimum atomic E-state index is 0.0312. The van der Waals surface area contributed by atoms with Gasteiger partial charge in [-0.05, 0) is 43.4 Å². The first-order valence-corrected chi connectivity index (χ1v) is 7.70. The minimum absolute atomic E-state index is 0.0312. The van der Waals surface area contributed by atoms with E-state index in [1.54, 1.807) is 0 Å². The van der Waals surface area contributed by atoms with Crippen molar-refractivity contribution in [1.29, 1.82) is 0 Å². The molecule has 3 rings (SSSR count). The van der Waals surface area contributed by atoms with Gasteiger partial charge in [0.2, 0.25) is 5.91 Å². The van der Waals surface area contributed by atoms with Crippen molar-refractivity contribution >= 4 is 21.8 Å². The molecule has 1 saturated carbocycles. The van der Waals surface area contributed by atoms with Gasteiger partial charge in [0.05, 0.1) is 6.04 Å². The zero-order valence-corrected chi connectivity index (χ0v) is 12.7. The van der Waals surface area contributed by atoms with Crippen molar-refractivity contribution < 1.29 is 4.79 Å². The van der Waals surface area contributed by atoms with Gasteiger partial charge in [0.1, 0.15) is 0 Å². The summed E-state index contributed by atoms with van der Waals surface area (Å²) in [6.45, 7) is 2.07. The van der Waals surface area contributed by atoms with E-state index in [1.165, 1.54) is 5.56 Å². The predicted octanol–water partition coefficient (Wildman–Crippen LogP) is 2.91. The van der Waals surface area contributed by atoms with E-state index in [9.17, 15) is 4.79 Å². The van der Waals surface area contributed by atoms with E-state index in [2.05, 4.69) is 41.1 Å². The molecule has 1 aliphatic heterocycles. The van der Waals surface area contributed by atoms with Crippen LogP contribution in [0.1, 0.15) is 42.9 Å². The van der Waals surface area contributed by atoms with Gasteiger partial charge in [0, 0.05) is 23.0 Å². The second kappa shape index (κ2) is 4.91. The molecule has 1 amide bonds. The van der Waals surface area contributed by atoms with Crippen LogP contribution in [-0.4, -0.2) is 22.9 Å². The molecule has 1 aromatic carbocycles. The summed E-state index contributed by atoms with van der Waals surface area (Å²) < 4.78 is 1.06. The summed E-state index contributed by atoms with van der Waals surface area (Å²) in [5.74, 6) is 0.265. The Morgan fingerprint density at radius 2 is 2.05 bits per heavy atom. The van der Waals surface area contributed by atoms with Crippen LogP contribution in [0, 0.1) is 6.92 Å². The highest BCUT2D eigenvalue weighted by Crippen LogP contribution is 2.41. The van der Waals surface area contributed by atoms with E-state index in [4.69, 9.17) is 5.73 Å². The average molecular weight is 323 g/mol. The van der Waals surface area contributed by atoms with Gasteiger partial charge in [-0.3, -0.25) is 4.79 Å². The summed E-state index contributed by atoms with van der Waals surface area (Å²) in [6, 6.07) is 6.79. The third-order valence-electron chi connectivity index (χ3n) is 4.10. The number of nitrogens with zero attached hydrogens (tertiary/aromatic N) is 1. The molecule has 1 saturated heterocycles. The molecule has 2 N–H and O–H groups in total. The maximum atomic E-state index is 12.2. The number of likely N-dealkylation sites (tertiary alicyclic amines) is 1. The fraction of sp³-hybridized carbons (Fsp3) is 0.533. The van der Waals surface area contributed by atoms with Crippen LogP contribution < -0.4 is 5.73 Å². The number of carbonyl (C=O) groups excluding carboxylic acids is 1. The molecule has 19 heavy (non-hydrogen) atoms. The Labute approximate surface area is 122 Å². The Bertz CT molecular complexity index is 513. The van der Waals surface area contributed by atoms with Crippen molar-refractivity contribution in [2.24, 2.45) is 5.73 Å². The number of amides is 1. The lowest BCUT2D eigenvalue weighted by Gasteiger charge is -2.40. The van der Waals surface area contributed by atoms with E-state index in [-0.39, 0.29) is 18.0 Å². The van der Waals surface area contributed by atoms with Crippen molar-refractivity contribution in [3.05, 3.63) is 33.8 Å². The van der Waals surface area contributed by atoms with E-state index in [0.717, 1.165) is 29.3 Å². The molecule has 2 unspecified atom stereocenters. The van der Waals surface area contributed by atoms with Crippen LogP contribution in [0.5, 0.6) is 0 Å². The van der Waals surface area contributed by atoms with Crippen molar-refractivity contribution in [3.63, 3.8) is 0 Å². The topological polar surface area (TPSA) is 46.3 Å². The Morgan fingerprint density at radius 3 is 2.68 bits per heavy atom. The van der Waals surface area contributed by atoms with Gasteiger partial charge in [-0.1, -0.05) is 28.1 Å². The summed E-state index contributed by atoms with van der Waals surface area (Å²) >= 11 is 3.63. The molecule has 102 valence electrons. The molecular formula is C15H19BrN2O. The first-order chi connectivity index (χ1) is 9.08. The van der Waals surface area contributed by atoms with Crippen LogP contribution in [0.25, 0.3) is 0 Å². The number of rotatable bonds is 2. The van der Waals surface area contributed by atoms with Gasteiger partial charge in [-0.2, -0.15) is 0 Å². The molecule has 2 fully saturated rings. The second-order valence-electron chi connectivity index (χ2n) is 5.70. The fourth-order valence-electron chi connectivity index (χ4n) is 2.97. The maximum absolute atomic E-state index is 12.2. The highest BCUT2D eigenvalue weighted by atomic mass is 79.9. The number of halogens is 1. The van der Waals surface area contributed by atoms with Crippen molar-refractivity contribution in [1.82, 2.24) is 4.90 Å². The van der Waals surface area contributed by atoms with Crippen LogP contribution in [0.2, 0.25) is 0 Å². The minimum Gasteiger partial charge on any atom is -0.331 e. The molecule has 2 atom stereocenters. The normalized spacial score (nSPS) is 27.7. The number of benzene rings is 1. The van der Waals surface area contributed by atoms with E-state index in [1.807, 2.05) is 4.90 Å². The van der Waals surface area contributed by atoms with Gasteiger partial charge in [-0.25, -0.2) is 0 Å². The predicted molar refractivity (Wildman–Crippen MR) is 78.7 cm³/mol. The molecule has 0 bridgehead atoms. The molecule has 0 aromatic heterocycles. The molecule has 0 radical (unpaired) electrons. The highest BCUT2D eigenvalue weighted by Gasteiger charge is 2.43. The Kier molecular flexibility index (Phi) is 3.39. The monoisotopic (exact) mass is 322 g/mol. The smallest absolute Gasteiger partial charge is 0.223 e. The lowest BCUT2D eigenvalue weighted by Crippen LogP contribution is -2.49. The third kappa shape index (κ3) is 2.43. The maximum Gasteiger partial charge on any atom is 0.223 e. The van der Waals surface area contributed by atoms with Gasteiger partial charge < -0.3 is 10.6 Å². The highest BCUT2D eigenvalue weighted by molar-refractivity contribution is 9.10. The molecule has 1 aliphatic carbocycles. The quantitative estimate of drug-likeness (QED) is 0.910. The fourth-order valence-corrected chi connectivity index (χ4v) is 3.70. The van der Waals surface area contributed by atoms with Gasteiger partial charge in [-0.15, -0.1) is 0 Å².